The second-order valence-electron chi connectivity index (χ2n) is 5.93. The number of thiocarbonyl (C=S) groups is 1. The highest BCUT2D eigenvalue weighted by molar-refractivity contribution is 7.78. The Kier molecular flexibility index (Phi) is 5.53. The molecule has 1 aliphatic carbocycles. The van der Waals surface area contributed by atoms with Crippen molar-refractivity contribution in [3.63, 3.8) is 0 Å². The van der Waals surface area contributed by atoms with E-state index in [1.165, 1.54) is 19.2 Å². The largest absolute Gasteiger partial charge is 0.494 e. The SMILES string of the molecule is COc1ccc(-c2ccc(F)c(COC3CC(N=C=S)C3)c2)cc1F. The van der Waals surface area contributed by atoms with Crippen LogP contribution in [0.15, 0.2) is 41.4 Å². The molecule has 1 aliphatic rings. The van der Waals surface area contributed by atoms with Crippen LogP contribution in [0.4, 0.5) is 8.78 Å². The molecule has 3 rings (SSSR count). The summed E-state index contributed by atoms with van der Waals surface area (Å²) < 4.78 is 38.5. The van der Waals surface area contributed by atoms with E-state index in [0.717, 1.165) is 18.4 Å². The first-order valence-corrected chi connectivity index (χ1v) is 8.32. The summed E-state index contributed by atoms with van der Waals surface area (Å²) in [5.74, 6) is -0.625. The van der Waals surface area contributed by atoms with Gasteiger partial charge in [0.05, 0.1) is 31.0 Å². The van der Waals surface area contributed by atoms with E-state index in [2.05, 4.69) is 22.4 Å². The number of ether oxygens (including phenoxy) is 2. The Labute approximate surface area is 150 Å². The summed E-state index contributed by atoms with van der Waals surface area (Å²) in [5, 5.41) is 2.36. The highest BCUT2D eigenvalue weighted by Gasteiger charge is 2.29. The fourth-order valence-corrected chi connectivity index (χ4v) is 2.92. The fourth-order valence-electron chi connectivity index (χ4n) is 2.77. The van der Waals surface area contributed by atoms with Gasteiger partial charge in [0, 0.05) is 5.56 Å². The van der Waals surface area contributed by atoms with Gasteiger partial charge in [0.1, 0.15) is 5.82 Å². The third-order valence-electron chi connectivity index (χ3n) is 4.31. The molecule has 1 saturated carbocycles. The summed E-state index contributed by atoms with van der Waals surface area (Å²) in [6, 6.07) is 9.50. The number of rotatable bonds is 6. The summed E-state index contributed by atoms with van der Waals surface area (Å²) >= 11 is 4.57. The second-order valence-corrected chi connectivity index (χ2v) is 6.12. The van der Waals surface area contributed by atoms with Crippen LogP contribution in [-0.4, -0.2) is 24.4 Å². The standard InChI is InChI=1S/C19H17F2NO2S/c1-23-19-5-3-13(7-18(19)21)12-2-4-17(20)14(6-12)10-24-16-8-15(9-16)22-11-25/h2-7,15-16H,8-10H2,1H3. The number of isothiocyanates is 1. The van der Waals surface area contributed by atoms with Crippen LogP contribution >= 0.6 is 12.2 Å². The first kappa shape index (κ1) is 17.7. The van der Waals surface area contributed by atoms with Crippen LogP contribution in [0.3, 0.4) is 0 Å². The second kappa shape index (κ2) is 7.83. The van der Waals surface area contributed by atoms with Crippen molar-refractivity contribution in [1.29, 1.82) is 0 Å². The number of benzene rings is 2. The lowest BCUT2D eigenvalue weighted by Crippen LogP contribution is -2.34. The summed E-state index contributed by atoms with van der Waals surface area (Å²) in [4.78, 5) is 3.99. The Morgan fingerprint density at radius 3 is 2.52 bits per heavy atom. The third-order valence-corrected chi connectivity index (χ3v) is 4.42. The number of halogens is 2. The molecule has 0 N–H and O–H groups in total. The molecule has 0 aromatic heterocycles. The van der Waals surface area contributed by atoms with Crippen molar-refractivity contribution in [3.05, 3.63) is 53.6 Å². The van der Waals surface area contributed by atoms with Crippen molar-refractivity contribution in [2.45, 2.75) is 31.6 Å². The summed E-state index contributed by atoms with van der Waals surface area (Å²) in [6.07, 6.45) is 1.60. The maximum atomic E-state index is 14.0. The van der Waals surface area contributed by atoms with Crippen molar-refractivity contribution in [2.75, 3.05) is 7.11 Å². The molecule has 2 aromatic rings. The zero-order valence-corrected chi connectivity index (χ0v) is 14.5. The molecule has 0 radical (unpaired) electrons. The lowest BCUT2D eigenvalue weighted by atomic mass is 9.90. The molecular formula is C19H17F2NO2S. The van der Waals surface area contributed by atoms with Crippen LogP contribution < -0.4 is 4.74 Å². The first-order valence-electron chi connectivity index (χ1n) is 7.91. The quantitative estimate of drug-likeness (QED) is 0.547. The van der Waals surface area contributed by atoms with E-state index >= 15 is 0 Å². The number of nitrogens with zero attached hydrogens (tertiary/aromatic N) is 1. The normalized spacial score (nSPS) is 19.0. The molecule has 130 valence electrons. The number of hydrogen-bond donors (Lipinski definition) is 0. The van der Waals surface area contributed by atoms with Gasteiger partial charge in [-0.05, 0) is 60.5 Å². The first-order chi connectivity index (χ1) is 12.1. The molecule has 3 nitrogen and oxygen atoms in total. The molecule has 0 bridgehead atoms. The van der Waals surface area contributed by atoms with Gasteiger partial charge in [-0.3, -0.25) is 0 Å². The van der Waals surface area contributed by atoms with E-state index in [1.54, 1.807) is 24.3 Å². The van der Waals surface area contributed by atoms with E-state index in [9.17, 15) is 8.78 Å². The van der Waals surface area contributed by atoms with E-state index in [0.29, 0.717) is 11.1 Å². The Balaban J connectivity index is 1.70. The zero-order chi connectivity index (χ0) is 17.8. The Hall–Kier alpha value is -2.14. The Bertz CT molecular complexity index is 815. The molecule has 1 fully saturated rings. The van der Waals surface area contributed by atoms with E-state index in [4.69, 9.17) is 9.47 Å². The average molecular weight is 361 g/mol. The van der Waals surface area contributed by atoms with Crippen molar-refractivity contribution < 1.29 is 18.3 Å². The summed E-state index contributed by atoms with van der Waals surface area (Å²) in [7, 11) is 1.41. The van der Waals surface area contributed by atoms with Crippen LogP contribution in [-0.2, 0) is 11.3 Å². The Morgan fingerprint density at radius 2 is 1.84 bits per heavy atom. The van der Waals surface area contributed by atoms with Crippen molar-refractivity contribution in [2.24, 2.45) is 4.99 Å². The van der Waals surface area contributed by atoms with E-state index < -0.39 is 5.82 Å². The fraction of sp³-hybridized carbons (Fsp3) is 0.316. The highest BCUT2D eigenvalue weighted by atomic mass is 32.1. The molecule has 2 aromatic carbocycles. The minimum absolute atomic E-state index is 0.0542. The topological polar surface area (TPSA) is 30.8 Å². The van der Waals surface area contributed by atoms with Gasteiger partial charge in [0.15, 0.2) is 11.6 Å². The smallest absolute Gasteiger partial charge is 0.165 e. The van der Waals surface area contributed by atoms with Crippen LogP contribution in [0, 0.1) is 11.6 Å². The predicted octanol–water partition coefficient (Wildman–Crippen LogP) is 4.79. The van der Waals surface area contributed by atoms with E-state index in [1.807, 2.05) is 0 Å². The van der Waals surface area contributed by atoms with E-state index in [-0.39, 0.29) is 30.3 Å². The van der Waals surface area contributed by atoms with Crippen molar-refractivity contribution in [3.8, 4) is 16.9 Å². The number of methoxy groups -OCH3 is 1. The monoisotopic (exact) mass is 361 g/mol. The molecule has 0 aliphatic heterocycles. The van der Waals surface area contributed by atoms with Crippen LogP contribution in [0.5, 0.6) is 5.75 Å². The van der Waals surface area contributed by atoms with Crippen LogP contribution in [0.1, 0.15) is 18.4 Å². The molecule has 0 saturated heterocycles. The molecule has 0 atom stereocenters. The minimum Gasteiger partial charge on any atom is -0.494 e. The van der Waals surface area contributed by atoms with Gasteiger partial charge in [0.2, 0.25) is 0 Å². The third kappa shape index (κ3) is 4.10. The van der Waals surface area contributed by atoms with Gasteiger partial charge >= 0.3 is 0 Å². The molecule has 0 spiro atoms. The maximum Gasteiger partial charge on any atom is 0.165 e. The molecule has 6 heteroatoms. The average Bonchev–Trinajstić information content (AvgIpc) is 2.58. The molecular weight excluding hydrogens is 344 g/mol. The number of hydrogen-bond acceptors (Lipinski definition) is 4. The van der Waals surface area contributed by atoms with Crippen molar-refractivity contribution in [1.82, 2.24) is 0 Å². The highest BCUT2D eigenvalue weighted by Crippen LogP contribution is 2.29. The van der Waals surface area contributed by atoms with Gasteiger partial charge in [-0.25, -0.2) is 13.8 Å². The lowest BCUT2D eigenvalue weighted by Gasteiger charge is -2.31. The zero-order valence-electron chi connectivity index (χ0n) is 13.7. The minimum atomic E-state index is -0.457. The summed E-state index contributed by atoms with van der Waals surface area (Å²) in [5.41, 5.74) is 1.81. The van der Waals surface area contributed by atoms with Gasteiger partial charge in [-0.2, -0.15) is 0 Å². The molecule has 0 unspecified atom stereocenters. The summed E-state index contributed by atoms with van der Waals surface area (Å²) in [6.45, 7) is 0.164. The van der Waals surface area contributed by atoms with Gasteiger partial charge in [0.25, 0.3) is 0 Å². The van der Waals surface area contributed by atoms with Crippen LogP contribution in [0.25, 0.3) is 11.1 Å². The Morgan fingerprint density at radius 1 is 1.12 bits per heavy atom. The molecule has 0 amide bonds. The number of aliphatic imine (C=N–C) groups is 1. The molecule has 0 heterocycles. The van der Waals surface area contributed by atoms with Gasteiger partial charge < -0.3 is 9.47 Å². The maximum absolute atomic E-state index is 14.0. The van der Waals surface area contributed by atoms with Crippen molar-refractivity contribution >= 4 is 17.4 Å². The lowest BCUT2D eigenvalue weighted by molar-refractivity contribution is -0.0192. The van der Waals surface area contributed by atoms with Crippen LogP contribution in [0.2, 0.25) is 0 Å². The van der Waals surface area contributed by atoms with Gasteiger partial charge in [-0.1, -0.05) is 12.1 Å². The van der Waals surface area contributed by atoms with Gasteiger partial charge in [-0.15, -0.1) is 0 Å². The molecule has 25 heavy (non-hydrogen) atoms. The predicted molar refractivity (Wildman–Crippen MR) is 95.0 cm³/mol.